The molecule has 0 atom stereocenters. The Morgan fingerprint density at radius 3 is 1.82 bits per heavy atom. The third-order valence-corrected chi connectivity index (χ3v) is 6.64. The molecule has 33 heavy (non-hydrogen) atoms. The first-order chi connectivity index (χ1) is 15.8. The molecule has 3 aromatic carbocycles. The number of thiocarbonyl (C=S) groups is 1. The summed E-state index contributed by atoms with van der Waals surface area (Å²) < 4.78 is 40.0. The lowest BCUT2D eigenvalue weighted by Crippen LogP contribution is -2.47. The first kappa shape index (κ1) is 23.3. The number of benzene rings is 3. The van der Waals surface area contributed by atoms with Gasteiger partial charge < -0.3 is 15.3 Å². The van der Waals surface area contributed by atoms with Gasteiger partial charge in [0.1, 0.15) is 5.60 Å². The zero-order valence-electron chi connectivity index (χ0n) is 17.9. The van der Waals surface area contributed by atoms with E-state index in [-0.39, 0.29) is 16.7 Å². The van der Waals surface area contributed by atoms with Crippen LogP contribution >= 0.6 is 12.2 Å². The fraction of sp³-hybridized carbons (Fsp3) is 0.269. The summed E-state index contributed by atoms with van der Waals surface area (Å²) in [7, 11) is 0. The van der Waals surface area contributed by atoms with Crippen LogP contribution in [0.15, 0.2) is 84.9 Å². The topological polar surface area (TPSA) is 35.5 Å². The van der Waals surface area contributed by atoms with E-state index in [0.29, 0.717) is 25.9 Å². The van der Waals surface area contributed by atoms with Crippen molar-refractivity contribution in [2.75, 3.05) is 18.4 Å². The minimum absolute atomic E-state index is 0.0535. The zero-order valence-corrected chi connectivity index (χ0v) is 18.7. The molecular formula is C26H25F3N2OS. The molecule has 0 radical (unpaired) electrons. The minimum atomic E-state index is -4.46. The monoisotopic (exact) mass is 470 g/mol. The van der Waals surface area contributed by atoms with Crippen LogP contribution in [0, 0.1) is 5.92 Å². The van der Waals surface area contributed by atoms with E-state index >= 15 is 0 Å². The molecule has 0 spiro atoms. The third kappa shape index (κ3) is 4.89. The number of alkyl halides is 3. The van der Waals surface area contributed by atoms with Crippen molar-refractivity contribution in [2.24, 2.45) is 5.92 Å². The summed E-state index contributed by atoms with van der Waals surface area (Å²) in [4.78, 5) is 1.87. The molecular weight excluding hydrogens is 445 g/mol. The second kappa shape index (κ2) is 9.53. The summed E-state index contributed by atoms with van der Waals surface area (Å²) >= 11 is 5.44. The second-order valence-corrected chi connectivity index (χ2v) is 8.62. The summed E-state index contributed by atoms with van der Waals surface area (Å²) in [5.74, 6) is -0.0659. The lowest BCUT2D eigenvalue weighted by atomic mass is 9.72. The van der Waals surface area contributed by atoms with Gasteiger partial charge in [0.25, 0.3) is 0 Å². The summed E-state index contributed by atoms with van der Waals surface area (Å²) in [6.07, 6.45) is -3.18. The van der Waals surface area contributed by atoms with Crippen molar-refractivity contribution in [3.8, 4) is 0 Å². The normalized spacial score (nSPS) is 15.3. The van der Waals surface area contributed by atoms with Gasteiger partial charge in [-0.05, 0) is 54.2 Å². The van der Waals surface area contributed by atoms with Gasteiger partial charge in [-0.3, -0.25) is 0 Å². The molecule has 1 heterocycles. The van der Waals surface area contributed by atoms with Gasteiger partial charge in [-0.15, -0.1) is 0 Å². The number of hydrogen-bond donors (Lipinski definition) is 2. The van der Waals surface area contributed by atoms with Gasteiger partial charge in [-0.2, -0.15) is 13.2 Å². The lowest BCUT2D eigenvalue weighted by molar-refractivity contribution is -0.136. The van der Waals surface area contributed by atoms with Gasteiger partial charge in [0.15, 0.2) is 5.11 Å². The highest BCUT2D eigenvalue weighted by Crippen LogP contribution is 2.42. The first-order valence-corrected chi connectivity index (χ1v) is 11.3. The number of nitrogens with one attached hydrogen (secondary N) is 1. The van der Waals surface area contributed by atoms with Crippen molar-refractivity contribution >= 4 is 23.0 Å². The lowest BCUT2D eigenvalue weighted by Gasteiger charge is -2.43. The Morgan fingerprint density at radius 2 is 1.30 bits per heavy atom. The van der Waals surface area contributed by atoms with Crippen LogP contribution < -0.4 is 5.32 Å². The van der Waals surface area contributed by atoms with E-state index in [1.165, 1.54) is 12.1 Å². The molecule has 172 valence electrons. The number of rotatable bonds is 4. The largest absolute Gasteiger partial charge is 0.418 e. The molecule has 3 aromatic rings. The van der Waals surface area contributed by atoms with Crippen LogP contribution in [0.3, 0.4) is 0 Å². The van der Waals surface area contributed by atoms with Crippen LogP contribution in [-0.4, -0.2) is 28.2 Å². The van der Waals surface area contributed by atoms with E-state index in [9.17, 15) is 18.3 Å². The molecule has 1 aliphatic rings. The number of halogens is 3. The summed E-state index contributed by atoms with van der Waals surface area (Å²) in [6, 6.07) is 24.5. The van der Waals surface area contributed by atoms with Gasteiger partial charge in [0, 0.05) is 13.1 Å². The van der Waals surface area contributed by atoms with E-state index in [1.54, 1.807) is 6.07 Å². The molecule has 1 saturated heterocycles. The van der Waals surface area contributed by atoms with Crippen LogP contribution in [-0.2, 0) is 11.8 Å². The maximum absolute atomic E-state index is 13.3. The smallest absolute Gasteiger partial charge is 0.380 e. The van der Waals surface area contributed by atoms with E-state index in [4.69, 9.17) is 12.2 Å². The van der Waals surface area contributed by atoms with Gasteiger partial charge in [0.05, 0.1) is 11.3 Å². The predicted molar refractivity (Wildman–Crippen MR) is 128 cm³/mol. The first-order valence-electron chi connectivity index (χ1n) is 10.9. The second-order valence-electron chi connectivity index (χ2n) is 8.23. The van der Waals surface area contributed by atoms with Crippen LogP contribution in [0.4, 0.5) is 18.9 Å². The molecule has 3 nitrogen and oxygen atoms in total. The Labute approximate surface area is 196 Å². The van der Waals surface area contributed by atoms with E-state index in [1.807, 2.05) is 65.6 Å². The van der Waals surface area contributed by atoms with Gasteiger partial charge >= 0.3 is 6.18 Å². The number of aliphatic hydroxyl groups is 1. The van der Waals surface area contributed by atoms with Crippen molar-refractivity contribution in [1.29, 1.82) is 0 Å². The fourth-order valence-corrected chi connectivity index (χ4v) is 4.85. The summed E-state index contributed by atoms with van der Waals surface area (Å²) in [5.41, 5.74) is -0.303. The van der Waals surface area contributed by atoms with Crippen molar-refractivity contribution in [1.82, 2.24) is 4.90 Å². The molecule has 1 fully saturated rings. The number of anilines is 1. The fourth-order valence-electron chi connectivity index (χ4n) is 4.56. The Hall–Kier alpha value is -2.90. The molecule has 0 bridgehead atoms. The predicted octanol–water partition coefficient (Wildman–Crippen LogP) is 6.05. The quantitative estimate of drug-likeness (QED) is 0.455. The standard InChI is InChI=1S/C26H25F3N2OS/c27-26(28,29)22-13-7-8-14-23(22)30-24(33)31-17-15-21(16-18-31)25(32,19-9-3-1-4-10-19)20-11-5-2-6-12-20/h1-14,21,32H,15-18H2,(H,30,33). The van der Waals surface area contributed by atoms with E-state index in [2.05, 4.69) is 5.32 Å². The third-order valence-electron chi connectivity index (χ3n) is 6.27. The summed E-state index contributed by atoms with van der Waals surface area (Å²) in [6.45, 7) is 1.07. The van der Waals surface area contributed by atoms with Gasteiger partial charge in [0.2, 0.25) is 0 Å². The number of piperidine rings is 1. The maximum Gasteiger partial charge on any atom is 0.418 e. The highest BCUT2D eigenvalue weighted by molar-refractivity contribution is 7.80. The van der Waals surface area contributed by atoms with E-state index in [0.717, 1.165) is 17.2 Å². The molecule has 1 aliphatic heterocycles. The van der Waals surface area contributed by atoms with Crippen molar-refractivity contribution in [2.45, 2.75) is 24.6 Å². The molecule has 2 N–H and O–H groups in total. The van der Waals surface area contributed by atoms with Crippen molar-refractivity contribution in [3.05, 3.63) is 102 Å². The van der Waals surface area contributed by atoms with Crippen LogP contribution in [0.5, 0.6) is 0 Å². The molecule has 0 saturated carbocycles. The highest BCUT2D eigenvalue weighted by atomic mass is 32.1. The van der Waals surface area contributed by atoms with Crippen LogP contribution in [0.1, 0.15) is 29.5 Å². The molecule has 0 aromatic heterocycles. The molecule has 7 heteroatoms. The van der Waals surface area contributed by atoms with Crippen LogP contribution in [0.25, 0.3) is 0 Å². The number of nitrogens with zero attached hydrogens (tertiary/aromatic N) is 1. The molecule has 4 rings (SSSR count). The maximum atomic E-state index is 13.3. The molecule has 0 aliphatic carbocycles. The average molecular weight is 471 g/mol. The Morgan fingerprint density at radius 1 is 0.818 bits per heavy atom. The number of para-hydroxylation sites is 1. The molecule has 0 unspecified atom stereocenters. The number of likely N-dealkylation sites (tertiary alicyclic amines) is 1. The van der Waals surface area contributed by atoms with Gasteiger partial charge in [-0.25, -0.2) is 0 Å². The molecule has 0 amide bonds. The van der Waals surface area contributed by atoms with Crippen molar-refractivity contribution in [3.63, 3.8) is 0 Å². The summed E-state index contributed by atoms with van der Waals surface area (Å²) in [5, 5.41) is 15.0. The average Bonchev–Trinajstić information content (AvgIpc) is 2.84. The Balaban J connectivity index is 1.50. The van der Waals surface area contributed by atoms with E-state index < -0.39 is 17.3 Å². The van der Waals surface area contributed by atoms with Crippen LogP contribution in [0.2, 0.25) is 0 Å². The Kier molecular flexibility index (Phi) is 6.72. The highest BCUT2D eigenvalue weighted by Gasteiger charge is 2.42. The number of hydrogen-bond acceptors (Lipinski definition) is 2. The SMILES string of the molecule is OC(c1ccccc1)(c1ccccc1)C1CCN(C(=S)Nc2ccccc2C(F)(F)F)CC1. The van der Waals surface area contributed by atoms with Crippen molar-refractivity contribution < 1.29 is 18.3 Å². The Bertz CT molecular complexity index is 1040. The minimum Gasteiger partial charge on any atom is -0.380 e. The zero-order chi connectivity index (χ0) is 23.5. The van der Waals surface area contributed by atoms with Gasteiger partial charge in [-0.1, -0.05) is 72.8 Å².